The van der Waals surface area contributed by atoms with E-state index in [0.29, 0.717) is 0 Å². The van der Waals surface area contributed by atoms with Crippen LogP contribution in [0.15, 0.2) is 28.6 Å². The zero-order chi connectivity index (χ0) is 8.55. The zero-order valence-corrected chi connectivity index (χ0v) is 10.5. The third kappa shape index (κ3) is 2.37. The Morgan fingerprint density at radius 3 is 2.69 bits per heavy atom. The second-order valence-corrected chi connectivity index (χ2v) is 4.33. The normalized spacial score (nSPS) is 12.4. The van der Waals surface area contributed by atoms with Crippen LogP contribution >= 0.6 is 11.3 Å². The van der Waals surface area contributed by atoms with Gasteiger partial charge in [-0.15, -0.1) is 11.3 Å². The molecule has 0 N–H and O–H groups in total. The Hall–Kier alpha value is 0.220. The fourth-order valence-corrected chi connectivity index (χ4v) is 2.33. The van der Waals surface area contributed by atoms with Crippen molar-refractivity contribution in [3.63, 3.8) is 0 Å². The largest absolute Gasteiger partial charge is 1.00 e. The summed E-state index contributed by atoms with van der Waals surface area (Å²) in [7, 11) is 0. The summed E-state index contributed by atoms with van der Waals surface area (Å²) in [6, 6.07) is 7.34. The molecule has 62 valence electrons. The van der Waals surface area contributed by atoms with Gasteiger partial charge in [0.25, 0.3) is 0 Å². The van der Waals surface area contributed by atoms with Crippen LogP contribution in [-0.2, 0) is 11.1 Å². The Labute approximate surface area is 104 Å². The Balaban J connectivity index is 0.000000845. The standard InChI is InChI=1S/C7H5NO2S2.Na/c9-12(10)7-8-5-3-1-2-4-6(5)11-7;/h1-4H,(H,9,10);/q;+1/p-1. The van der Waals surface area contributed by atoms with Crippen LogP contribution in [0.4, 0.5) is 0 Å². The summed E-state index contributed by atoms with van der Waals surface area (Å²) in [5.74, 6) is 0. The number of hydrogen-bond acceptors (Lipinski definition) is 4. The van der Waals surface area contributed by atoms with E-state index < -0.39 is 11.1 Å². The van der Waals surface area contributed by atoms with Crippen molar-refractivity contribution in [3.05, 3.63) is 24.3 Å². The van der Waals surface area contributed by atoms with Crippen molar-refractivity contribution in [1.29, 1.82) is 0 Å². The average Bonchev–Trinajstić information content (AvgIpc) is 2.46. The number of aromatic nitrogens is 1. The number of rotatable bonds is 1. The van der Waals surface area contributed by atoms with Gasteiger partial charge in [0.2, 0.25) is 0 Å². The maximum absolute atomic E-state index is 10.5. The molecule has 0 aliphatic heterocycles. The third-order valence-electron chi connectivity index (χ3n) is 1.42. The summed E-state index contributed by atoms with van der Waals surface area (Å²) in [6.45, 7) is 0. The molecule has 0 saturated carbocycles. The first-order valence-corrected chi connectivity index (χ1v) is 5.11. The first-order valence-electron chi connectivity index (χ1n) is 3.22. The summed E-state index contributed by atoms with van der Waals surface area (Å²) in [6.07, 6.45) is 0. The smallest absolute Gasteiger partial charge is 0.767 e. The zero-order valence-electron chi connectivity index (χ0n) is 6.89. The van der Waals surface area contributed by atoms with Gasteiger partial charge in [-0.2, -0.15) is 0 Å². The summed E-state index contributed by atoms with van der Waals surface area (Å²) in [5.41, 5.74) is 0.738. The van der Waals surface area contributed by atoms with E-state index in [1.807, 2.05) is 18.2 Å². The summed E-state index contributed by atoms with van der Waals surface area (Å²) < 4.78 is 22.1. The van der Waals surface area contributed by atoms with Crippen LogP contribution in [-0.4, -0.2) is 13.7 Å². The number of nitrogens with zero attached hydrogens (tertiary/aromatic N) is 1. The SMILES string of the molecule is O=S([O-])c1nc2ccccc2s1.[Na+]. The first kappa shape index (κ1) is 11.3. The van der Waals surface area contributed by atoms with E-state index in [1.54, 1.807) is 6.07 Å². The number of para-hydroxylation sites is 1. The van der Waals surface area contributed by atoms with E-state index in [-0.39, 0.29) is 33.9 Å². The van der Waals surface area contributed by atoms with Gasteiger partial charge in [0.05, 0.1) is 10.2 Å². The average molecular weight is 221 g/mol. The minimum atomic E-state index is -2.20. The molecule has 6 heteroatoms. The molecule has 1 heterocycles. The second kappa shape index (κ2) is 4.63. The molecule has 13 heavy (non-hydrogen) atoms. The molecule has 1 atom stereocenters. The molecule has 0 saturated heterocycles. The molecule has 3 nitrogen and oxygen atoms in total. The molecule has 0 amide bonds. The van der Waals surface area contributed by atoms with Gasteiger partial charge in [-0.1, -0.05) is 12.1 Å². The van der Waals surface area contributed by atoms with Gasteiger partial charge in [-0.05, 0) is 12.1 Å². The van der Waals surface area contributed by atoms with Crippen molar-refractivity contribution in [2.24, 2.45) is 0 Å². The van der Waals surface area contributed by atoms with E-state index >= 15 is 0 Å². The van der Waals surface area contributed by atoms with Gasteiger partial charge in [-0.3, -0.25) is 4.21 Å². The summed E-state index contributed by atoms with van der Waals surface area (Å²) >= 11 is -1.02. The topological polar surface area (TPSA) is 53.0 Å². The predicted octanol–water partition coefficient (Wildman–Crippen LogP) is -1.46. The molecule has 0 spiro atoms. The molecule has 0 aliphatic carbocycles. The Morgan fingerprint density at radius 1 is 1.38 bits per heavy atom. The van der Waals surface area contributed by atoms with Gasteiger partial charge in [0.1, 0.15) is 0 Å². The van der Waals surface area contributed by atoms with Crippen molar-refractivity contribution >= 4 is 32.6 Å². The molecule has 0 aliphatic rings. The molecule has 0 fully saturated rings. The van der Waals surface area contributed by atoms with Crippen LogP contribution in [0.2, 0.25) is 0 Å². The Morgan fingerprint density at radius 2 is 2.08 bits per heavy atom. The monoisotopic (exact) mass is 221 g/mol. The second-order valence-electron chi connectivity index (χ2n) is 2.18. The molecular weight excluding hydrogens is 217 g/mol. The predicted molar refractivity (Wildman–Crippen MR) is 46.8 cm³/mol. The molecule has 1 aromatic carbocycles. The van der Waals surface area contributed by atoms with Crippen molar-refractivity contribution < 1.29 is 38.3 Å². The first-order chi connectivity index (χ1) is 5.77. The van der Waals surface area contributed by atoms with Crippen LogP contribution in [0.25, 0.3) is 10.2 Å². The summed E-state index contributed by atoms with van der Waals surface area (Å²) in [5, 5.41) is 0. The van der Waals surface area contributed by atoms with E-state index in [1.165, 1.54) is 11.3 Å². The van der Waals surface area contributed by atoms with Crippen LogP contribution in [0.5, 0.6) is 0 Å². The quantitative estimate of drug-likeness (QED) is 0.437. The fraction of sp³-hybridized carbons (Fsp3) is 0. The van der Waals surface area contributed by atoms with Gasteiger partial charge in [0, 0.05) is 11.1 Å². The molecule has 0 radical (unpaired) electrons. The molecular formula is C7H4NNaO2S2. The van der Waals surface area contributed by atoms with Crippen LogP contribution in [0, 0.1) is 0 Å². The van der Waals surface area contributed by atoms with Crippen molar-refractivity contribution in [2.45, 2.75) is 4.34 Å². The van der Waals surface area contributed by atoms with E-state index in [2.05, 4.69) is 4.98 Å². The summed E-state index contributed by atoms with van der Waals surface area (Å²) in [4.78, 5) is 3.92. The van der Waals surface area contributed by atoms with Gasteiger partial charge in [0.15, 0.2) is 4.34 Å². The molecule has 2 rings (SSSR count). The number of benzene rings is 1. The van der Waals surface area contributed by atoms with Crippen molar-refractivity contribution in [3.8, 4) is 0 Å². The van der Waals surface area contributed by atoms with Gasteiger partial charge >= 0.3 is 29.6 Å². The molecule has 0 bridgehead atoms. The van der Waals surface area contributed by atoms with Crippen molar-refractivity contribution in [1.82, 2.24) is 4.98 Å². The van der Waals surface area contributed by atoms with E-state index in [4.69, 9.17) is 0 Å². The van der Waals surface area contributed by atoms with Gasteiger partial charge < -0.3 is 4.55 Å². The number of fused-ring (bicyclic) bond motifs is 1. The molecule has 2 aromatic rings. The van der Waals surface area contributed by atoms with Crippen molar-refractivity contribution in [2.75, 3.05) is 0 Å². The van der Waals surface area contributed by atoms with E-state index in [9.17, 15) is 8.76 Å². The number of hydrogen-bond donors (Lipinski definition) is 0. The van der Waals surface area contributed by atoms with Crippen LogP contribution < -0.4 is 29.6 Å². The minimum absolute atomic E-state index is 0. The van der Waals surface area contributed by atoms with E-state index in [0.717, 1.165) is 10.2 Å². The third-order valence-corrected chi connectivity index (χ3v) is 3.28. The van der Waals surface area contributed by atoms with Crippen LogP contribution in [0.1, 0.15) is 0 Å². The Kier molecular flexibility index (Phi) is 4.03. The molecule has 1 unspecified atom stereocenters. The van der Waals surface area contributed by atoms with Gasteiger partial charge in [-0.25, -0.2) is 4.98 Å². The van der Waals surface area contributed by atoms with Crippen LogP contribution in [0.3, 0.4) is 0 Å². The maximum Gasteiger partial charge on any atom is 1.00 e. The minimum Gasteiger partial charge on any atom is -0.767 e. The Bertz CT molecular complexity index is 410. The number of thiazole rings is 1. The molecule has 1 aromatic heterocycles. The maximum atomic E-state index is 10.5. The fourth-order valence-electron chi connectivity index (χ4n) is 0.922.